The molecule has 1 heterocycles. The zero-order chi connectivity index (χ0) is 7.56. The number of rotatable bonds is 1. The average molecular weight is 184 g/mol. The van der Waals surface area contributed by atoms with Gasteiger partial charge in [-0.3, -0.25) is 4.21 Å². The van der Waals surface area contributed by atoms with E-state index in [-0.39, 0.29) is 23.9 Å². The molecule has 0 fully saturated rings. The SMILES string of the molecule is O=S([O-])c1cc(Cl)ccn1.[Li+]. The number of pyridine rings is 1. The average Bonchev–Trinajstić information content (AvgIpc) is 1.88. The Morgan fingerprint density at radius 1 is 1.64 bits per heavy atom. The summed E-state index contributed by atoms with van der Waals surface area (Å²) in [6, 6.07) is 2.79. The fourth-order valence-corrected chi connectivity index (χ4v) is 1.07. The molecule has 0 aliphatic heterocycles. The van der Waals surface area contributed by atoms with E-state index >= 15 is 0 Å². The molecule has 1 atom stereocenters. The summed E-state index contributed by atoms with van der Waals surface area (Å²) in [4.78, 5) is 3.54. The molecular weight excluding hydrogens is 181 g/mol. The van der Waals surface area contributed by atoms with Crippen LogP contribution in [-0.2, 0) is 11.1 Å². The van der Waals surface area contributed by atoms with Crippen LogP contribution in [0.4, 0.5) is 0 Å². The van der Waals surface area contributed by atoms with Gasteiger partial charge in [-0.25, -0.2) is 4.98 Å². The molecule has 0 amide bonds. The molecule has 0 aliphatic carbocycles. The smallest absolute Gasteiger partial charge is 0.767 e. The minimum atomic E-state index is -2.28. The van der Waals surface area contributed by atoms with Gasteiger partial charge in [0.05, 0.1) is 0 Å². The molecule has 3 nitrogen and oxygen atoms in total. The van der Waals surface area contributed by atoms with Crippen molar-refractivity contribution in [2.75, 3.05) is 0 Å². The maximum atomic E-state index is 10.2. The van der Waals surface area contributed by atoms with E-state index in [0.717, 1.165) is 0 Å². The Bertz CT molecular complexity index is 270. The molecule has 1 rings (SSSR count). The standard InChI is InChI=1S/C5H4ClNO2S.Li/c6-4-1-2-7-5(3-4)10(8)9;/h1-3H,(H,8,9);/q;+1/p-1. The van der Waals surface area contributed by atoms with Gasteiger partial charge in [-0.1, -0.05) is 11.6 Å². The molecule has 0 saturated carbocycles. The third-order valence-corrected chi connectivity index (χ3v) is 1.67. The zero-order valence-electron chi connectivity index (χ0n) is 5.78. The number of hydrogen-bond acceptors (Lipinski definition) is 3. The monoisotopic (exact) mass is 183 g/mol. The first kappa shape index (κ1) is 11.1. The molecule has 0 aliphatic rings. The van der Waals surface area contributed by atoms with Crippen molar-refractivity contribution in [2.45, 2.75) is 5.03 Å². The van der Waals surface area contributed by atoms with Gasteiger partial charge in [0.2, 0.25) is 0 Å². The Balaban J connectivity index is 0.000001000. The largest absolute Gasteiger partial charge is 1.00 e. The summed E-state index contributed by atoms with van der Waals surface area (Å²) in [5.74, 6) is 0. The predicted molar refractivity (Wildman–Crippen MR) is 36.4 cm³/mol. The van der Waals surface area contributed by atoms with E-state index in [4.69, 9.17) is 11.6 Å². The van der Waals surface area contributed by atoms with Crippen LogP contribution in [0.25, 0.3) is 0 Å². The van der Waals surface area contributed by atoms with Gasteiger partial charge in [-0.05, 0) is 23.2 Å². The van der Waals surface area contributed by atoms with Crippen LogP contribution >= 0.6 is 11.6 Å². The van der Waals surface area contributed by atoms with E-state index in [1.165, 1.54) is 18.3 Å². The van der Waals surface area contributed by atoms with E-state index in [0.29, 0.717) is 5.02 Å². The van der Waals surface area contributed by atoms with E-state index in [9.17, 15) is 8.76 Å². The summed E-state index contributed by atoms with van der Waals surface area (Å²) in [7, 11) is 0. The zero-order valence-corrected chi connectivity index (χ0v) is 7.35. The second-order valence-corrected chi connectivity index (χ2v) is 2.87. The summed E-state index contributed by atoms with van der Waals surface area (Å²) in [6.45, 7) is 0. The van der Waals surface area contributed by atoms with Crippen molar-refractivity contribution in [3.05, 3.63) is 23.4 Å². The van der Waals surface area contributed by atoms with Crippen molar-refractivity contribution in [3.8, 4) is 0 Å². The number of hydrogen-bond donors (Lipinski definition) is 0. The fraction of sp³-hybridized carbons (Fsp3) is 0. The van der Waals surface area contributed by atoms with E-state index in [1.54, 1.807) is 0 Å². The van der Waals surface area contributed by atoms with Crippen molar-refractivity contribution < 1.29 is 27.6 Å². The topological polar surface area (TPSA) is 53.0 Å². The van der Waals surface area contributed by atoms with Gasteiger partial charge in [-0.15, -0.1) is 0 Å². The summed E-state index contributed by atoms with van der Waals surface area (Å²) in [5, 5.41) is 0.335. The molecule has 0 N–H and O–H groups in total. The maximum absolute atomic E-state index is 10.2. The summed E-state index contributed by atoms with van der Waals surface area (Å²) < 4.78 is 20.5. The maximum Gasteiger partial charge on any atom is 1.00 e. The number of nitrogens with zero attached hydrogens (tertiary/aromatic N) is 1. The van der Waals surface area contributed by atoms with E-state index < -0.39 is 11.1 Å². The Morgan fingerprint density at radius 3 is 2.64 bits per heavy atom. The van der Waals surface area contributed by atoms with Gasteiger partial charge in [-0.2, -0.15) is 0 Å². The first-order chi connectivity index (χ1) is 4.70. The summed E-state index contributed by atoms with van der Waals surface area (Å²) in [5.41, 5.74) is 0. The minimum Gasteiger partial charge on any atom is -0.767 e. The first-order valence-electron chi connectivity index (χ1n) is 2.41. The molecule has 0 spiro atoms. The van der Waals surface area contributed by atoms with Gasteiger partial charge < -0.3 is 4.55 Å². The van der Waals surface area contributed by atoms with E-state index in [1.807, 2.05) is 0 Å². The van der Waals surface area contributed by atoms with Gasteiger partial charge in [0.1, 0.15) is 5.03 Å². The van der Waals surface area contributed by atoms with Gasteiger partial charge in [0.25, 0.3) is 0 Å². The van der Waals surface area contributed by atoms with Crippen LogP contribution in [0.3, 0.4) is 0 Å². The predicted octanol–water partition coefficient (Wildman–Crippen LogP) is -2.02. The van der Waals surface area contributed by atoms with Gasteiger partial charge >= 0.3 is 18.9 Å². The van der Waals surface area contributed by atoms with Crippen LogP contribution < -0.4 is 18.9 Å². The summed E-state index contributed by atoms with van der Waals surface area (Å²) >= 11 is 3.19. The molecule has 0 radical (unpaired) electrons. The molecule has 0 bridgehead atoms. The van der Waals surface area contributed by atoms with Crippen LogP contribution in [0.15, 0.2) is 23.4 Å². The van der Waals surface area contributed by atoms with Crippen LogP contribution in [0.2, 0.25) is 5.02 Å². The first-order valence-corrected chi connectivity index (χ1v) is 3.86. The van der Waals surface area contributed by atoms with Crippen molar-refractivity contribution in [3.63, 3.8) is 0 Å². The quantitative estimate of drug-likeness (QED) is 0.373. The van der Waals surface area contributed by atoms with E-state index in [2.05, 4.69) is 4.98 Å². The van der Waals surface area contributed by atoms with Crippen LogP contribution in [-0.4, -0.2) is 13.7 Å². The Hall–Kier alpha value is 0.147. The van der Waals surface area contributed by atoms with Crippen molar-refractivity contribution in [1.82, 2.24) is 4.98 Å². The molecule has 54 valence electrons. The normalized spacial score (nSPS) is 11.8. The molecule has 6 heteroatoms. The second kappa shape index (κ2) is 4.91. The third kappa shape index (κ3) is 3.37. The van der Waals surface area contributed by atoms with Crippen LogP contribution in [0, 0.1) is 0 Å². The Kier molecular flexibility index (Phi) is 4.98. The number of aromatic nitrogens is 1. The van der Waals surface area contributed by atoms with Crippen molar-refractivity contribution in [2.24, 2.45) is 0 Å². The Labute approximate surface area is 83.6 Å². The fourth-order valence-electron chi connectivity index (χ4n) is 0.476. The molecule has 0 aromatic carbocycles. The van der Waals surface area contributed by atoms with Crippen LogP contribution in [0.5, 0.6) is 0 Å². The van der Waals surface area contributed by atoms with Crippen LogP contribution in [0.1, 0.15) is 0 Å². The molecule has 0 saturated heterocycles. The number of halogens is 1. The molecule has 1 unspecified atom stereocenters. The molecular formula is C5H3ClLiNO2S. The van der Waals surface area contributed by atoms with Crippen molar-refractivity contribution >= 4 is 22.7 Å². The molecule has 11 heavy (non-hydrogen) atoms. The van der Waals surface area contributed by atoms with Gasteiger partial charge in [0.15, 0.2) is 0 Å². The summed E-state index contributed by atoms with van der Waals surface area (Å²) in [6.07, 6.45) is 1.34. The van der Waals surface area contributed by atoms with Gasteiger partial charge in [0, 0.05) is 11.2 Å². The van der Waals surface area contributed by atoms with Crippen molar-refractivity contribution in [1.29, 1.82) is 0 Å². The molecule has 1 aromatic rings. The minimum absolute atomic E-state index is 0. The second-order valence-electron chi connectivity index (χ2n) is 1.55. The Morgan fingerprint density at radius 2 is 2.27 bits per heavy atom. The third-order valence-electron chi connectivity index (χ3n) is 0.868. The molecule has 1 aromatic heterocycles.